The van der Waals surface area contributed by atoms with Gasteiger partial charge in [0.25, 0.3) is 0 Å². The van der Waals surface area contributed by atoms with Crippen molar-refractivity contribution in [1.29, 1.82) is 0 Å². The van der Waals surface area contributed by atoms with Crippen LogP contribution in [0.25, 0.3) is 0 Å². The summed E-state index contributed by atoms with van der Waals surface area (Å²) in [5, 5.41) is 3.34. The first-order valence-corrected chi connectivity index (χ1v) is 5.63. The lowest BCUT2D eigenvalue weighted by Crippen LogP contribution is -2.18. The predicted octanol–water partition coefficient (Wildman–Crippen LogP) is 0.716. The van der Waals surface area contributed by atoms with Crippen molar-refractivity contribution in [3.63, 3.8) is 0 Å². The Morgan fingerprint density at radius 3 is 3.27 bits per heavy atom. The molecule has 1 fully saturated rings. The Labute approximate surface area is 90.2 Å². The summed E-state index contributed by atoms with van der Waals surface area (Å²) >= 11 is 0. The molecule has 1 aromatic rings. The van der Waals surface area contributed by atoms with E-state index in [9.17, 15) is 0 Å². The normalized spacial score (nSPS) is 23.2. The number of nitrogens with two attached hydrogens (primary N) is 1. The van der Waals surface area contributed by atoms with Gasteiger partial charge in [0.2, 0.25) is 0 Å². The minimum absolute atomic E-state index is 0.149. The van der Waals surface area contributed by atoms with Crippen LogP contribution in [0.4, 0.5) is 0 Å². The van der Waals surface area contributed by atoms with E-state index in [1.807, 2.05) is 6.92 Å². The lowest BCUT2D eigenvalue weighted by molar-refractivity contribution is 0.442. The summed E-state index contributed by atoms with van der Waals surface area (Å²) in [5.41, 5.74) is 6.68. The molecule has 0 spiro atoms. The molecule has 0 amide bonds. The Kier molecular flexibility index (Phi) is 3.38. The van der Waals surface area contributed by atoms with Crippen LogP contribution in [-0.4, -0.2) is 24.1 Å². The van der Waals surface area contributed by atoms with Crippen LogP contribution >= 0.6 is 0 Å². The maximum atomic E-state index is 5.71. The van der Waals surface area contributed by atoms with E-state index in [0.717, 1.165) is 37.5 Å². The van der Waals surface area contributed by atoms with Crippen LogP contribution in [0.1, 0.15) is 24.9 Å². The van der Waals surface area contributed by atoms with Gasteiger partial charge >= 0.3 is 0 Å². The largest absolute Gasteiger partial charge is 0.449 e. The molecule has 1 aromatic heterocycles. The van der Waals surface area contributed by atoms with Crippen LogP contribution < -0.4 is 11.1 Å². The summed E-state index contributed by atoms with van der Waals surface area (Å²) in [6.07, 6.45) is 4.71. The Hall–Kier alpha value is -0.870. The third-order valence-electron chi connectivity index (χ3n) is 2.76. The molecule has 2 unspecified atom stereocenters. The molecule has 4 nitrogen and oxygen atoms in total. The molecule has 1 aliphatic rings. The molecule has 0 aromatic carbocycles. The molecule has 84 valence electrons. The summed E-state index contributed by atoms with van der Waals surface area (Å²) in [6.45, 7) is 4.19. The van der Waals surface area contributed by atoms with Crippen molar-refractivity contribution in [1.82, 2.24) is 10.3 Å². The average Bonchev–Trinajstić information content (AvgIpc) is 2.77. The first-order chi connectivity index (χ1) is 7.24. The summed E-state index contributed by atoms with van der Waals surface area (Å²) in [6, 6.07) is 0.149. The number of nitrogens with zero attached hydrogens (tertiary/aromatic N) is 1. The zero-order valence-corrected chi connectivity index (χ0v) is 9.20. The fraction of sp³-hybridized carbons (Fsp3) is 0.727. The second-order valence-corrected chi connectivity index (χ2v) is 4.48. The fourth-order valence-corrected chi connectivity index (χ4v) is 2.00. The molecule has 15 heavy (non-hydrogen) atoms. The van der Waals surface area contributed by atoms with E-state index in [1.54, 1.807) is 6.26 Å². The van der Waals surface area contributed by atoms with Gasteiger partial charge in [-0.15, -0.1) is 0 Å². The molecule has 1 aliphatic heterocycles. The lowest BCUT2D eigenvalue weighted by atomic mass is 10.1. The molecular formula is C11H19N3O. The van der Waals surface area contributed by atoms with E-state index < -0.39 is 0 Å². The second-order valence-electron chi connectivity index (χ2n) is 4.48. The maximum Gasteiger partial charge on any atom is 0.194 e. The minimum Gasteiger partial charge on any atom is -0.449 e. The van der Waals surface area contributed by atoms with Gasteiger partial charge in [0.15, 0.2) is 5.89 Å². The second kappa shape index (κ2) is 4.77. The van der Waals surface area contributed by atoms with Gasteiger partial charge in [-0.1, -0.05) is 0 Å². The Bertz CT molecular complexity index is 303. The number of oxazole rings is 1. The first-order valence-electron chi connectivity index (χ1n) is 5.63. The van der Waals surface area contributed by atoms with Crippen LogP contribution in [-0.2, 0) is 12.8 Å². The lowest BCUT2D eigenvalue weighted by Gasteiger charge is -2.03. The zero-order valence-electron chi connectivity index (χ0n) is 9.20. The van der Waals surface area contributed by atoms with Gasteiger partial charge in [-0.2, -0.15) is 0 Å². The quantitative estimate of drug-likeness (QED) is 0.767. The Morgan fingerprint density at radius 1 is 1.73 bits per heavy atom. The monoisotopic (exact) mass is 209 g/mol. The van der Waals surface area contributed by atoms with Crippen molar-refractivity contribution in [3.05, 3.63) is 17.8 Å². The highest BCUT2D eigenvalue weighted by Gasteiger charge is 2.17. The Balaban J connectivity index is 1.88. The van der Waals surface area contributed by atoms with Crippen molar-refractivity contribution in [2.45, 2.75) is 32.2 Å². The van der Waals surface area contributed by atoms with Gasteiger partial charge < -0.3 is 15.5 Å². The molecule has 0 saturated carbocycles. The van der Waals surface area contributed by atoms with Crippen molar-refractivity contribution in [2.75, 3.05) is 13.1 Å². The molecule has 4 heteroatoms. The van der Waals surface area contributed by atoms with Crippen LogP contribution in [0, 0.1) is 5.92 Å². The molecule has 0 bridgehead atoms. The molecule has 3 N–H and O–H groups in total. The topological polar surface area (TPSA) is 64.1 Å². The van der Waals surface area contributed by atoms with Crippen molar-refractivity contribution < 1.29 is 4.42 Å². The van der Waals surface area contributed by atoms with E-state index in [0.29, 0.717) is 5.92 Å². The predicted molar refractivity (Wildman–Crippen MR) is 58.5 cm³/mol. The highest BCUT2D eigenvalue weighted by molar-refractivity contribution is 4.99. The fourth-order valence-electron chi connectivity index (χ4n) is 2.00. The van der Waals surface area contributed by atoms with Gasteiger partial charge in [0.05, 0.1) is 5.69 Å². The smallest absolute Gasteiger partial charge is 0.194 e. The van der Waals surface area contributed by atoms with Crippen molar-refractivity contribution in [3.8, 4) is 0 Å². The highest BCUT2D eigenvalue weighted by atomic mass is 16.3. The van der Waals surface area contributed by atoms with Crippen LogP contribution in [0.15, 0.2) is 10.7 Å². The van der Waals surface area contributed by atoms with E-state index in [1.165, 1.54) is 6.42 Å². The minimum atomic E-state index is 0.149. The number of hydrogen-bond donors (Lipinski definition) is 2. The Morgan fingerprint density at radius 2 is 2.60 bits per heavy atom. The molecule has 0 aliphatic carbocycles. The summed E-state index contributed by atoms with van der Waals surface area (Å²) in [5.74, 6) is 1.55. The van der Waals surface area contributed by atoms with Crippen molar-refractivity contribution in [2.24, 2.45) is 11.7 Å². The molecular weight excluding hydrogens is 190 g/mol. The zero-order chi connectivity index (χ0) is 10.7. The third-order valence-corrected chi connectivity index (χ3v) is 2.76. The SMILES string of the molecule is CC(N)Cc1coc(CC2CCNC2)n1. The summed E-state index contributed by atoms with van der Waals surface area (Å²) in [7, 11) is 0. The van der Waals surface area contributed by atoms with Gasteiger partial charge in [-0.3, -0.25) is 0 Å². The van der Waals surface area contributed by atoms with Crippen LogP contribution in [0.5, 0.6) is 0 Å². The number of rotatable bonds is 4. The van der Waals surface area contributed by atoms with Crippen LogP contribution in [0.2, 0.25) is 0 Å². The van der Waals surface area contributed by atoms with Gasteiger partial charge in [-0.25, -0.2) is 4.98 Å². The van der Waals surface area contributed by atoms with Gasteiger partial charge in [-0.05, 0) is 32.4 Å². The van der Waals surface area contributed by atoms with Gasteiger partial charge in [0.1, 0.15) is 6.26 Å². The molecule has 2 atom stereocenters. The van der Waals surface area contributed by atoms with E-state index in [4.69, 9.17) is 10.2 Å². The summed E-state index contributed by atoms with van der Waals surface area (Å²) in [4.78, 5) is 4.44. The molecule has 2 rings (SSSR count). The number of aromatic nitrogens is 1. The average molecular weight is 209 g/mol. The van der Waals surface area contributed by atoms with E-state index in [-0.39, 0.29) is 6.04 Å². The van der Waals surface area contributed by atoms with Gasteiger partial charge in [0, 0.05) is 18.9 Å². The van der Waals surface area contributed by atoms with E-state index in [2.05, 4.69) is 10.3 Å². The van der Waals surface area contributed by atoms with Crippen molar-refractivity contribution >= 4 is 0 Å². The molecule has 2 heterocycles. The number of nitrogens with one attached hydrogen (secondary N) is 1. The third kappa shape index (κ3) is 3.04. The molecule has 0 radical (unpaired) electrons. The first kappa shape index (κ1) is 10.6. The summed E-state index contributed by atoms with van der Waals surface area (Å²) < 4.78 is 5.43. The van der Waals surface area contributed by atoms with E-state index >= 15 is 0 Å². The maximum absolute atomic E-state index is 5.71. The number of hydrogen-bond acceptors (Lipinski definition) is 4. The van der Waals surface area contributed by atoms with Crippen LogP contribution in [0.3, 0.4) is 0 Å². The molecule has 1 saturated heterocycles. The standard InChI is InChI=1S/C11H19N3O/c1-8(12)4-10-7-15-11(14-10)5-9-2-3-13-6-9/h7-9,13H,2-6,12H2,1H3. The highest BCUT2D eigenvalue weighted by Crippen LogP contribution is 2.15.